The molecule has 19 heavy (non-hydrogen) atoms. The Morgan fingerprint density at radius 1 is 1.05 bits per heavy atom. The number of carbonyl (C=O) groups is 1. The van der Waals surface area contributed by atoms with E-state index in [1.807, 2.05) is 0 Å². The molecule has 0 aromatic heterocycles. The lowest BCUT2D eigenvalue weighted by Crippen LogP contribution is -2.31. The molecule has 0 spiro atoms. The van der Waals surface area contributed by atoms with Crippen LogP contribution in [0.2, 0.25) is 0 Å². The van der Waals surface area contributed by atoms with E-state index in [4.69, 9.17) is 0 Å². The van der Waals surface area contributed by atoms with E-state index in [-0.39, 0.29) is 22.7 Å². The van der Waals surface area contributed by atoms with E-state index in [1.54, 1.807) is 0 Å². The predicted molar refractivity (Wildman–Crippen MR) is 82.0 cm³/mol. The van der Waals surface area contributed by atoms with Crippen molar-refractivity contribution in [3.8, 4) is 0 Å². The van der Waals surface area contributed by atoms with E-state index in [0.717, 1.165) is 25.8 Å². The first kappa shape index (κ1) is 16.3. The first-order valence-electron chi connectivity index (χ1n) is 7.58. The molecule has 1 amide bonds. The molecule has 110 valence electrons. The van der Waals surface area contributed by atoms with Crippen LogP contribution < -0.4 is 5.32 Å². The second-order valence-electron chi connectivity index (χ2n) is 7.86. The number of amides is 1. The summed E-state index contributed by atoms with van der Waals surface area (Å²) >= 11 is 0. The highest BCUT2D eigenvalue weighted by Crippen LogP contribution is 2.41. The van der Waals surface area contributed by atoms with Crippen LogP contribution in [0.25, 0.3) is 0 Å². The molecule has 1 unspecified atom stereocenters. The molecule has 1 heterocycles. The Morgan fingerprint density at radius 2 is 1.58 bits per heavy atom. The van der Waals surface area contributed by atoms with Gasteiger partial charge in [-0.25, -0.2) is 0 Å². The van der Waals surface area contributed by atoms with Gasteiger partial charge >= 0.3 is 0 Å². The van der Waals surface area contributed by atoms with Crippen molar-refractivity contribution >= 4 is 5.91 Å². The van der Waals surface area contributed by atoms with Crippen LogP contribution in [0.1, 0.15) is 67.7 Å². The third kappa shape index (κ3) is 4.09. The maximum atomic E-state index is 12.2. The second-order valence-corrected chi connectivity index (χ2v) is 7.86. The van der Waals surface area contributed by atoms with Gasteiger partial charge in [-0.3, -0.25) is 4.79 Å². The lowest BCUT2D eigenvalue weighted by atomic mass is 9.72. The fourth-order valence-electron chi connectivity index (χ4n) is 2.95. The molecule has 1 N–H and O–H groups in total. The van der Waals surface area contributed by atoms with Gasteiger partial charge in [0.15, 0.2) is 0 Å². The van der Waals surface area contributed by atoms with Crippen molar-refractivity contribution in [1.82, 2.24) is 5.32 Å². The van der Waals surface area contributed by atoms with Gasteiger partial charge in [0, 0.05) is 12.5 Å². The summed E-state index contributed by atoms with van der Waals surface area (Å²) < 4.78 is 0. The van der Waals surface area contributed by atoms with E-state index in [2.05, 4.69) is 53.8 Å². The van der Waals surface area contributed by atoms with E-state index in [1.165, 1.54) is 11.1 Å². The molecule has 1 aliphatic rings. The first-order valence-corrected chi connectivity index (χ1v) is 7.58. The number of rotatable bonds is 2. The summed E-state index contributed by atoms with van der Waals surface area (Å²) in [5.74, 6) is 0.391. The highest BCUT2D eigenvalue weighted by molar-refractivity contribution is 5.80. The topological polar surface area (TPSA) is 29.1 Å². The van der Waals surface area contributed by atoms with Crippen LogP contribution in [0.3, 0.4) is 0 Å². The monoisotopic (exact) mass is 265 g/mol. The van der Waals surface area contributed by atoms with Crippen molar-refractivity contribution in [3.05, 3.63) is 11.1 Å². The van der Waals surface area contributed by atoms with Gasteiger partial charge in [0.2, 0.25) is 5.91 Å². The second kappa shape index (κ2) is 5.68. The Morgan fingerprint density at radius 3 is 2.00 bits per heavy atom. The molecule has 1 aliphatic heterocycles. The fourth-order valence-corrected chi connectivity index (χ4v) is 2.95. The van der Waals surface area contributed by atoms with Crippen LogP contribution in [-0.2, 0) is 4.79 Å². The zero-order valence-corrected chi connectivity index (χ0v) is 13.8. The summed E-state index contributed by atoms with van der Waals surface area (Å²) in [4.78, 5) is 12.2. The smallest absolute Gasteiger partial charge is 0.223 e. The normalized spacial score (nSPS) is 22.3. The average Bonchev–Trinajstić information content (AvgIpc) is 2.38. The Kier molecular flexibility index (Phi) is 4.86. The van der Waals surface area contributed by atoms with Crippen molar-refractivity contribution in [1.29, 1.82) is 0 Å². The zero-order chi connectivity index (χ0) is 14.8. The van der Waals surface area contributed by atoms with E-state index < -0.39 is 0 Å². The highest BCUT2D eigenvalue weighted by atomic mass is 16.1. The van der Waals surface area contributed by atoms with Gasteiger partial charge in [-0.15, -0.1) is 0 Å². The Hall–Kier alpha value is -0.790. The minimum atomic E-state index is 0.122. The Labute approximate surface area is 119 Å². The van der Waals surface area contributed by atoms with Crippen LogP contribution in [0.4, 0.5) is 0 Å². The molecule has 0 aromatic rings. The standard InChI is InChI=1S/C17H31NO/c1-8-9-12-10-13(16(2,3)4)14(17(5,6)7)11-18-15(12)19/h12H,8-11H2,1-7H3,(H,18,19). The molecular weight excluding hydrogens is 234 g/mol. The molecule has 0 aliphatic carbocycles. The van der Waals surface area contributed by atoms with Gasteiger partial charge in [0.1, 0.15) is 0 Å². The summed E-state index contributed by atoms with van der Waals surface area (Å²) in [7, 11) is 0. The number of hydrogen-bond acceptors (Lipinski definition) is 1. The average molecular weight is 265 g/mol. The van der Waals surface area contributed by atoms with E-state index in [9.17, 15) is 4.79 Å². The molecule has 0 aromatic carbocycles. The largest absolute Gasteiger partial charge is 0.352 e. The molecule has 0 fully saturated rings. The van der Waals surface area contributed by atoms with Crippen LogP contribution in [0.15, 0.2) is 11.1 Å². The Bertz CT molecular complexity index is 366. The van der Waals surface area contributed by atoms with Gasteiger partial charge in [0.05, 0.1) is 0 Å². The maximum absolute atomic E-state index is 12.2. The third-order valence-electron chi connectivity index (χ3n) is 4.07. The molecule has 1 rings (SSSR count). The van der Waals surface area contributed by atoms with Gasteiger partial charge < -0.3 is 5.32 Å². The van der Waals surface area contributed by atoms with Crippen molar-refractivity contribution in [2.75, 3.05) is 6.54 Å². The molecule has 1 atom stereocenters. The molecule has 0 bridgehead atoms. The first-order chi connectivity index (χ1) is 8.57. The minimum absolute atomic E-state index is 0.122. The van der Waals surface area contributed by atoms with Gasteiger partial charge in [-0.2, -0.15) is 0 Å². The molecular formula is C17H31NO. The lowest BCUT2D eigenvalue weighted by molar-refractivity contribution is -0.124. The van der Waals surface area contributed by atoms with Gasteiger partial charge in [0.25, 0.3) is 0 Å². The fraction of sp³-hybridized carbons (Fsp3) is 0.824. The molecule has 2 nitrogen and oxygen atoms in total. The van der Waals surface area contributed by atoms with Crippen LogP contribution in [0, 0.1) is 16.7 Å². The number of hydrogen-bond donors (Lipinski definition) is 1. The van der Waals surface area contributed by atoms with Gasteiger partial charge in [-0.1, -0.05) is 60.5 Å². The number of nitrogens with one attached hydrogen (secondary N) is 1. The summed E-state index contributed by atoms with van der Waals surface area (Å²) in [5.41, 5.74) is 3.17. The molecule has 0 radical (unpaired) electrons. The lowest BCUT2D eigenvalue weighted by Gasteiger charge is -2.33. The molecule has 2 heteroatoms. The van der Waals surface area contributed by atoms with Crippen molar-refractivity contribution in [2.45, 2.75) is 67.7 Å². The molecule has 0 saturated heterocycles. The number of carbonyl (C=O) groups excluding carboxylic acids is 1. The van der Waals surface area contributed by atoms with Gasteiger partial charge in [-0.05, 0) is 29.2 Å². The summed E-state index contributed by atoms with van der Waals surface area (Å²) in [6.45, 7) is 16.4. The van der Waals surface area contributed by atoms with E-state index in [0.29, 0.717) is 0 Å². The number of allylic oxidation sites excluding steroid dienone is 1. The maximum Gasteiger partial charge on any atom is 0.223 e. The quantitative estimate of drug-likeness (QED) is 0.741. The summed E-state index contributed by atoms with van der Waals surface area (Å²) in [5, 5.41) is 3.14. The predicted octanol–water partition coefficient (Wildman–Crippen LogP) is 4.31. The summed E-state index contributed by atoms with van der Waals surface area (Å²) in [6, 6.07) is 0. The van der Waals surface area contributed by atoms with Crippen molar-refractivity contribution < 1.29 is 4.79 Å². The van der Waals surface area contributed by atoms with Crippen molar-refractivity contribution in [2.24, 2.45) is 16.7 Å². The summed E-state index contributed by atoms with van der Waals surface area (Å²) in [6.07, 6.45) is 2.99. The van der Waals surface area contributed by atoms with Crippen LogP contribution >= 0.6 is 0 Å². The zero-order valence-electron chi connectivity index (χ0n) is 13.8. The minimum Gasteiger partial charge on any atom is -0.352 e. The van der Waals surface area contributed by atoms with Crippen molar-refractivity contribution in [3.63, 3.8) is 0 Å². The van der Waals surface area contributed by atoms with E-state index >= 15 is 0 Å². The third-order valence-corrected chi connectivity index (χ3v) is 4.07. The SMILES string of the molecule is CCCC1CC(C(C)(C)C)=C(C(C)(C)C)CNC1=O. The Balaban J connectivity index is 3.22. The van der Waals surface area contributed by atoms with Crippen LogP contribution in [0.5, 0.6) is 0 Å². The highest BCUT2D eigenvalue weighted by Gasteiger charge is 2.33. The van der Waals surface area contributed by atoms with Crippen LogP contribution in [-0.4, -0.2) is 12.5 Å². The molecule has 0 saturated carbocycles.